The molecule has 0 aliphatic carbocycles. The molecule has 0 heterocycles. The fourth-order valence-electron chi connectivity index (χ4n) is 6.39. The van der Waals surface area contributed by atoms with Crippen LogP contribution in [0, 0.1) is 23.3 Å². The maximum absolute atomic E-state index is 12.8. The van der Waals surface area contributed by atoms with Gasteiger partial charge in [0.2, 0.25) is 11.5 Å². The molecule has 8 heteroatoms. The van der Waals surface area contributed by atoms with Crippen LogP contribution >= 0.6 is 0 Å². The first kappa shape index (κ1) is 38.7. The third kappa shape index (κ3) is 7.24. The highest BCUT2D eigenvalue weighted by Crippen LogP contribution is 2.46. The Morgan fingerprint density at radius 3 is 1.20 bits per heavy atom. The highest BCUT2D eigenvalue weighted by molar-refractivity contribution is 6.90. The van der Waals surface area contributed by atoms with Crippen LogP contribution in [-0.2, 0) is 10.8 Å². The molecule has 0 saturated carbocycles. The van der Waals surface area contributed by atoms with E-state index in [9.17, 15) is 5.11 Å². The van der Waals surface area contributed by atoms with Crippen molar-refractivity contribution in [2.45, 2.75) is 102 Å². The van der Waals surface area contributed by atoms with E-state index in [0.29, 0.717) is 51.1 Å². The lowest BCUT2D eigenvalue weighted by molar-refractivity contribution is 0.0855. The van der Waals surface area contributed by atoms with Crippen LogP contribution in [0.25, 0.3) is 0 Å². The van der Waals surface area contributed by atoms with Gasteiger partial charge in [0.1, 0.15) is 8.07 Å². The summed E-state index contributed by atoms with van der Waals surface area (Å²) in [6.07, 6.45) is 0. The van der Waals surface area contributed by atoms with Gasteiger partial charge in [0.25, 0.3) is 0 Å². The van der Waals surface area contributed by atoms with E-state index >= 15 is 0 Å². The molecule has 0 fully saturated rings. The molecule has 2 aromatic carbocycles. The summed E-state index contributed by atoms with van der Waals surface area (Å²) in [6.45, 7) is 21.4. The third-order valence-electron chi connectivity index (χ3n) is 9.56. The van der Waals surface area contributed by atoms with Gasteiger partial charge in [-0.3, -0.25) is 0 Å². The number of hydrogen-bond acceptors (Lipinski definition) is 7. The molecular weight excluding hydrogens is 596 g/mol. The summed E-state index contributed by atoms with van der Waals surface area (Å²) in [5.41, 5.74) is 2.93. The predicted molar refractivity (Wildman–Crippen MR) is 190 cm³/mol. The van der Waals surface area contributed by atoms with Gasteiger partial charge in [0.15, 0.2) is 28.6 Å². The zero-order chi connectivity index (χ0) is 35.3. The van der Waals surface area contributed by atoms with E-state index in [0.717, 1.165) is 11.1 Å². The van der Waals surface area contributed by atoms with Gasteiger partial charge in [-0.25, -0.2) is 0 Å². The lowest BCUT2D eigenvalue weighted by Crippen LogP contribution is -2.48. The average Bonchev–Trinajstić information content (AvgIpc) is 3.01. The van der Waals surface area contributed by atoms with Crippen molar-refractivity contribution in [2.24, 2.45) is 0 Å². The highest BCUT2D eigenvalue weighted by atomic mass is 28.3. The van der Waals surface area contributed by atoms with Gasteiger partial charge in [0, 0.05) is 5.41 Å². The molecule has 0 saturated heterocycles. The van der Waals surface area contributed by atoms with Gasteiger partial charge in [-0.05, 0) is 65.9 Å². The number of benzene rings is 2. The van der Waals surface area contributed by atoms with Crippen LogP contribution in [0.15, 0.2) is 24.3 Å². The molecule has 1 N–H and O–H groups in total. The van der Waals surface area contributed by atoms with Crippen LogP contribution in [0.1, 0.15) is 80.4 Å². The second-order valence-electron chi connectivity index (χ2n) is 13.7. The standard InChI is InChI=1S/C38H56O7Si/c1-25(2)46(26(3)4,27(5)6)20-19-38(39,37(9,10)29-23-32(42-13)35(45-16)33(24-29)43-14)18-17-36(7,8)28-21-30(40-11)34(44-15)31(22-28)41-12/h21-27,39H,1-16H3. The first-order valence-corrected chi connectivity index (χ1v) is 18.0. The number of rotatable bonds is 12. The van der Waals surface area contributed by atoms with E-state index in [2.05, 4.69) is 64.8 Å². The van der Waals surface area contributed by atoms with Crippen molar-refractivity contribution in [1.82, 2.24) is 0 Å². The summed E-state index contributed by atoms with van der Waals surface area (Å²) in [5, 5.41) is 12.8. The lowest BCUT2D eigenvalue weighted by atomic mass is 9.70. The van der Waals surface area contributed by atoms with Crippen LogP contribution in [0.2, 0.25) is 16.6 Å². The lowest BCUT2D eigenvalue weighted by Gasteiger charge is -2.40. The van der Waals surface area contributed by atoms with E-state index in [4.69, 9.17) is 28.4 Å². The quantitative estimate of drug-likeness (QED) is 0.184. The van der Waals surface area contributed by atoms with Crippen LogP contribution < -0.4 is 28.4 Å². The molecule has 2 aromatic rings. The summed E-state index contributed by atoms with van der Waals surface area (Å²) in [6, 6.07) is 7.49. The molecule has 0 amide bonds. The molecule has 1 atom stereocenters. The number of ether oxygens (including phenoxy) is 6. The Morgan fingerprint density at radius 1 is 0.543 bits per heavy atom. The molecule has 0 aliphatic rings. The Bertz CT molecular complexity index is 1410. The van der Waals surface area contributed by atoms with E-state index in [1.165, 1.54) is 0 Å². The molecule has 7 nitrogen and oxygen atoms in total. The molecule has 46 heavy (non-hydrogen) atoms. The second kappa shape index (κ2) is 15.0. The maximum Gasteiger partial charge on any atom is 0.203 e. The fourth-order valence-corrected chi connectivity index (χ4v) is 11.7. The van der Waals surface area contributed by atoms with Crippen LogP contribution in [-0.4, -0.2) is 61.4 Å². The van der Waals surface area contributed by atoms with Gasteiger partial charge in [-0.2, -0.15) is 0 Å². The minimum absolute atomic E-state index is 0.372. The van der Waals surface area contributed by atoms with Gasteiger partial charge >= 0.3 is 0 Å². The summed E-state index contributed by atoms with van der Waals surface area (Å²) in [7, 11) is 7.22. The Kier molecular flexibility index (Phi) is 12.6. The molecule has 0 aromatic heterocycles. The normalized spacial score (nSPS) is 13.3. The molecule has 2 rings (SSSR count). The average molecular weight is 653 g/mol. The summed E-state index contributed by atoms with van der Waals surface area (Å²) >= 11 is 0. The van der Waals surface area contributed by atoms with Crippen molar-refractivity contribution < 1.29 is 33.5 Å². The van der Waals surface area contributed by atoms with Crippen molar-refractivity contribution in [3.63, 3.8) is 0 Å². The van der Waals surface area contributed by atoms with Gasteiger partial charge in [0.05, 0.1) is 48.1 Å². The Morgan fingerprint density at radius 2 is 0.891 bits per heavy atom. The van der Waals surface area contributed by atoms with Crippen molar-refractivity contribution >= 4 is 8.07 Å². The Labute approximate surface area is 279 Å². The zero-order valence-corrected chi connectivity index (χ0v) is 31.9. The van der Waals surface area contributed by atoms with Crippen molar-refractivity contribution in [2.75, 3.05) is 42.7 Å². The first-order chi connectivity index (χ1) is 21.4. The third-order valence-corrected chi connectivity index (χ3v) is 15.8. The highest BCUT2D eigenvalue weighted by Gasteiger charge is 2.47. The smallest absolute Gasteiger partial charge is 0.203 e. The summed E-state index contributed by atoms with van der Waals surface area (Å²) in [5.74, 6) is 13.1. The number of methoxy groups -OCH3 is 6. The van der Waals surface area contributed by atoms with Crippen LogP contribution in [0.3, 0.4) is 0 Å². The zero-order valence-electron chi connectivity index (χ0n) is 30.9. The maximum atomic E-state index is 12.8. The van der Waals surface area contributed by atoms with Crippen LogP contribution in [0.5, 0.6) is 34.5 Å². The first-order valence-electron chi connectivity index (χ1n) is 15.8. The van der Waals surface area contributed by atoms with E-state index < -0.39 is 24.5 Å². The molecule has 0 bridgehead atoms. The second-order valence-corrected chi connectivity index (χ2v) is 19.3. The van der Waals surface area contributed by atoms with Crippen molar-refractivity contribution in [3.05, 3.63) is 35.4 Å². The molecule has 0 spiro atoms. The SMILES string of the molecule is COc1cc(C(C)(C)C#CC(O)(C#C[Si](C(C)C)(C(C)C)C(C)C)C(C)(C)c2cc(OC)c(OC)c(OC)c2)cc(OC)c1OC. The minimum Gasteiger partial charge on any atom is -0.493 e. The number of hydrogen-bond donors (Lipinski definition) is 1. The monoisotopic (exact) mass is 652 g/mol. The van der Waals surface area contributed by atoms with E-state index in [1.807, 2.05) is 52.0 Å². The Balaban J connectivity index is 3.01. The molecule has 0 radical (unpaired) electrons. The van der Waals surface area contributed by atoms with Gasteiger partial charge in [-0.15, -0.1) is 5.54 Å². The van der Waals surface area contributed by atoms with Crippen molar-refractivity contribution in [3.8, 4) is 57.8 Å². The molecule has 1 unspecified atom stereocenters. The minimum atomic E-state index is -2.25. The summed E-state index contributed by atoms with van der Waals surface area (Å²) < 4.78 is 33.7. The van der Waals surface area contributed by atoms with Crippen molar-refractivity contribution in [1.29, 1.82) is 0 Å². The molecule has 254 valence electrons. The summed E-state index contributed by atoms with van der Waals surface area (Å²) in [4.78, 5) is 0. The fraction of sp³-hybridized carbons (Fsp3) is 0.579. The van der Waals surface area contributed by atoms with E-state index in [-0.39, 0.29) is 0 Å². The molecular formula is C38H56O7Si. The van der Waals surface area contributed by atoms with Gasteiger partial charge in [-0.1, -0.05) is 73.2 Å². The molecule has 0 aliphatic heterocycles. The number of aliphatic hydroxyl groups is 1. The Hall–Kier alpha value is -3.46. The predicted octanol–water partition coefficient (Wildman–Crippen LogP) is 7.95. The van der Waals surface area contributed by atoms with E-state index in [1.54, 1.807) is 42.7 Å². The van der Waals surface area contributed by atoms with Crippen LogP contribution in [0.4, 0.5) is 0 Å². The largest absolute Gasteiger partial charge is 0.493 e. The van der Waals surface area contributed by atoms with Gasteiger partial charge < -0.3 is 33.5 Å². The topological polar surface area (TPSA) is 75.6 Å².